The summed E-state index contributed by atoms with van der Waals surface area (Å²) < 4.78 is 18.5. The third-order valence-electron chi connectivity index (χ3n) is 3.21. The summed E-state index contributed by atoms with van der Waals surface area (Å²) in [7, 11) is 1.36. The van der Waals surface area contributed by atoms with Crippen molar-refractivity contribution < 1.29 is 18.8 Å². The average Bonchev–Trinajstić information content (AvgIpc) is 2.59. The monoisotopic (exact) mass is 331 g/mol. The molecule has 0 fully saturated rings. The first-order chi connectivity index (χ1) is 11.4. The predicted octanol–water partition coefficient (Wildman–Crippen LogP) is 2.90. The first-order valence-electron chi connectivity index (χ1n) is 6.85. The summed E-state index contributed by atoms with van der Waals surface area (Å²) in [6.45, 7) is 1.59. The number of hydrazone groups is 1. The molecule has 7 nitrogen and oxygen atoms in total. The van der Waals surface area contributed by atoms with Crippen LogP contribution in [0.5, 0.6) is 5.75 Å². The van der Waals surface area contributed by atoms with Gasteiger partial charge in [-0.1, -0.05) is 6.07 Å². The summed E-state index contributed by atoms with van der Waals surface area (Å²) >= 11 is 0. The Morgan fingerprint density at radius 3 is 2.62 bits per heavy atom. The maximum atomic E-state index is 13.7. The van der Waals surface area contributed by atoms with Crippen LogP contribution in [0.2, 0.25) is 0 Å². The number of amides is 1. The highest BCUT2D eigenvalue weighted by atomic mass is 19.1. The van der Waals surface area contributed by atoms with Crippen molar-refractivity contribution in [2.75, 3.05) is 7.11 Å². The molecule has 0 saturated heterocycles. The minimum Gasteiger partial charge on any atom is -0.494 e. The molecular weight excluding hydrogens is 317 g/mol. The lowest BCUT2D eigenvalue weighted by atomic mass is 10.1. The number of nitro groups is 1. The van der Waals surface area contributed by atoms with Crippen LogP contribution in [0, 0.1) is 15.9 Å². The number of hydrogen-bond acceptors (Lipinski definition) is 5. The van der Waals surface area contributed by atoms with Crippen molar-refractivity contribution >= 4 is 17.3 Å². The molecule has 2 aromatic rings. The second-order valence-corrected chi connectivity index (χ2v) is 4.79. The van der Waals surface area contributed by atoms with Gasteiger partial charge in [0.2, 0.25) is 0 Å². The molecule has 0 radical (unpaired) electrons. The molecule has 1 N–H and O–H groups in total. The number of benzene rings is 2. The fourth-order valence-electron chi connectivity index (χ4n) is 1.92. The molecule has 0 saturated carbocycles. The van der Waals surface area contributed by atoms with Crippen molar-refractivity contribution in [1.29, 1.82) is 0 Å². The van der Waals surface area contributed by atoms with Gasteiger partial charge in [-0.25, -0.2) is 9.82 Å². The molecule has 0 aromatic heterocycles. The van der Waals surface area contributed by atoms with E-state index in [1.54, 1.807) is 13.0 Å². The zero-order chi connectivity index (χ0) is 17.7. The van der Waals surface area contributed by atoms with Crippen LogP contribution in [0.4, 0.5) is 10.1 Å². The summed E-state index contributed by atoms with van der Waals surface area (Å²) in [5.74, 6) is -1.05. The Kier molecular flexibility index (Phi) is 5.20. The van der Waals surface area contributed by atoms with Crippen LogP contribution in [0.1, 0.15) is 22.8 Å². The maximum absolute atomic E-state index is 13.7. The Balaban J connectivity index is 2.14. The number of hydrogen-bond donors (Lipinski definition) is 1. The number of halogens is 1. The fourth-order valence-corrected chi connectivity index (χ4v) is 1.92. The molecule has 124 valence electrons. The third-order valence-corrected chi connectivity index (χ3v) is 3.21. The van der Waals surface area contributed by atoms with Crippen molar-refractivity contribution in [2.24, 2.45) is 5.10 Å². The van der Waals surface area contributed by atoms with E-state index in [0.717, 1.165) is 6.07 Å². The van der Waals surface area contributed by atoms with Crippen molar-refractivity contribution in [3.05, 3.63) is 69.5 Å². The van der Waals surface area contributed by atoms with Gasteiger partial charge in [0.25, 0.3) is 11.6 Å². The lowest BCUT2D eigenvalue weighted by molar-refractivity contribution is -0.384. The molecule has 0 unspecified atom stereocenters. The number of non-ortho nitro benzene ring substituents is 1. The van der Waals surface area contributed by atoms with Crippen molar-refractivity contribution in [3.8, 4) is 5.75 Å². The summed E-state index contributed by atoms with van der Waals surface area (Å²) in [6, 6.07) is 9.55. The highest BCUT2D eigenvalue weighted by Crippen LogP contribution is 2.18. The van der Waals surface area contributed by atoms with Gasteiger partial charge in [-0.3, -0.25) is 14.9 Å². The number of methoxy groups -OCH3 is 1. The molecule has 0 bridgehead atoms. The number of nitro benzene ring substituents is 1. The highest BCUT2D eigenvalue weighted by Gasteiger charge is 2.11. The minimum atomic E-state index is -0.605. The van der Waals surface area contributed by atoms with Crippen molar-refractivity contribution in [2.45, 2.75) is 6.92 Å². The molecule has 1 amide bonds. The quantitative estimate of drug-likeness (QED) is 0.518. The molecule has 2 aromatic carbocycles. The van der Waals surface area contributed by atoms with E-state index in [1.807, 2.05) is 0 Å². The SMILES string of the molecule is COc1ccc(/C(C)=N\NC(=O)c2cccc([N+](=O)[O-])c2)cc1F. The topological polar surface area (TPSA) is 93.8 Å². The van der Waals surface area contributed by atoms with Crippen LogP contribution < -0.4 is 10.2 Å². The Hall–Kier alpha value is -3.29. The van der Waals surface area contributed by atoms with Crippen LogP contribution in [-0.2, 0) is 0 Å². The summed E-state index contributed by atoms with van der Waals surface area (Å²) in [4.78, 5) is 22.1. The second-order valence-electron chi connectivity index (χ2n) is 4.79. The van der Waals surface area contributed by atoms with Gasteiger partial charge < -0.3 is 4.74 Å². The molecule has 0 aliphatic rings. The number of rotatable bonds is 5. The van der Waals surface area contributed by atoms with E-state index in [4.69, 9.17) is 4.74 Å². The highest BCUT2D eigenvalue weighted by molar-refractivity contribution is 6.01. The van der Waals surface area contributed by atoms with Crippen LogP contribution in [0.15, 0.2) is 47.6 Å². The van der Waals surface area contributed by atoms with E-state index >= 15 is 0 Å². The molecule has 0 spiro atoms. The smallest absolute Gasteiger partial charge is 0.271 e. The molecule has 0 aliphatic carbocycles. The van der Waals surface area contributed by atoms with E-state index in [1.165, 1.54) is 37.4 Å². The van der Waals surface area contributed by atoms with Gasteiger partial charge >= 0.3 is 0 Å². The summed E-state index contributed by atoms with van der Waals surface area (Å²) in [5, 5.41) is 14.6. The predicted molar refractivity (Wildman–Crippen MR) is 85.7 cm³/mol. The Bertz CT molecular complexity index is 821. The van der Waals surface area contributed by atoms with Crippen LogP contribution in [0.25, 0.3) is 0 Å². The number of carbonyl (C=O) groups is 1. The van der Waals surface area contributed by atoms with E-state index in [9.17, 15) is 19.3 Å². The summed E-state index contributed by atoms with van der Waals surface area (Å²) in [6.07, 6.45) is 0. The molecular formula is C16H14FN3O4. The number of nitrogens with one attached hydrogen (secondary N) is 1. The first-order valence-corrected chi connectivity index (χ1v) is 6.85. The number of ether oxygens (including phenoxy) is 1. The zero-order valence-corrected chi connectivity index (χ0v) is 12.9. The standard InChI is InChI=1S/C16H14FN3O4/c1-10(11-6-7-15(24-2)14(17)9-11)18-19-16(21)12-4-3-5-13(8-12)20(22)23/h3-9H,1-2H3,(H,19,21)/b18-10-. The Morgan fingerprint density at radius 1 is 1.25 bits per heavy atom. The molecule has 8 heteroatoms. The van der Waals surface area contributed by atoms with Gasteiger partial charge in [-0.2, -0.15) is 5.10 Å². The van der Waals surface area contributed by atoms with Gasteiger partial charge in [-0.05, 0) is 31.2 Å². The van der Waals surface area contributed by atoms with Crippen molar-refractivity contribution in [3.63, 3.8) is 0 Å². The lowest BCUT2D eigenvalue weighted by Gasteiger charge is -2.06. The van der Waals surface area contributed by atoms with Crippen molar-refractivity contribution in [1.82, 2.24) is 5.43 Å². The van der Waals surface area contributed by atoms with Gasteiger partial charge in [0.15, 0.2) is 11.6 Å². The molecule has 24 heavy (non-hydrogen) atoms. The number of carbonyl (C=O) groups excluding carboxylic acids is 1. The van der Waals surface area contributed by atoms with Gasteiger partial charge in [0.05, 0.1) is 17.7 Å². The fraction of sp³-hybridized carbons (Fsp3) is 0.125. The summed E-state index contributed by atoms with van der Waals surface area (Å²) in [5.41, 5.74) is 3.03. The van der Waals surface area contributed by atoms with Gasteiger partial charge in [0, 0.05) is 23.3 Å². The maximum Gasteiger partial charge on any atom is 0.271 e. The van der Waals surface area contributed by atoms with E-state index in [-0.39, 0.29) is 17.0 Å². The van der Waals surface area contributed by atoms with E-state index in [0.29, 0.717) is 11.3 Å². The second kappa shape index (κ2) is 7.32. The third kappa shape index (κ3) is 3.92. The van der Waals surface area contributed by atoms with E-state index in [2.05, 4.69) is 10.5 Å². The Morgan fingerprint density at radius 2 is 2.00 bits per heavy atom. The van der Waals surface area contributed by atoms with Crippen LogP contribution in [-0.4, -0.2) is 23.7 Å². The van der Waals surface area contributed by atoms with Gasteiger partial charge in [-0.15, -0.1) is 0 Å². The molecule has 0 aliphatic heterocycles. The Labute approximate surface area is 136 Å². The number of nitrogens with zero attached hydrogens (tertiary/aromatic N) is 2. The largest absolute Gasteiger partial charge is 0.494 e. The normalized spacial score (nSPS) is 11.0. The zero-order valence-electron chi connectivity index (χ0n) is 12.9. The van der Waals surface area contributed by atoms with E-state index < -0.39 is 16.6 Å². The minimum absolute atomic E-state index is 0.0988. The first kappa shape index (κ1) is 17.1. The molecule has 0 heterocycles. The molecule has 2 rings (SSSR count). The lowest BCUT2D eigenvalue weighted by Crippen LogP contribution is -2.19. The van der Waals surface area contributed by atoms with Gasteiger partial charge in [0.1, 0.15) is 0 Å². The molecule has 0 atom stereocenters. The average molecular weight is 331 g/mol. The van der Waals surface area contributed by atoms with Crippen LogP contribution in [0.3, 0.4) is 0 Å². The van der Waals surface area contributed by atoms with Crippen LogP contribution >= 0.6 is 0 Å².